The summed E-state index contributed by atoms with van der Waals surface area (Å²) in [5.74, 6) is -1.28. The van der Waals surface area contributed by atoms with Crippen molar-refractivity contribution in [3.05, 3.63) is 52.6 Å². The maximum atomic E-state index is 12.9. The Kier molecular flexibility index (Phi) is 13.1. The van der Waals surface area contributed by atoms with E-state index in [2.05, 4.69) is 0 Å². The summed E-state index contributed by atoms with van der Waals surface area (Å²) in [5, 5.41) is 53.5. The summed E-state index contributed by atoms with van der Waals surface area (Å²) in [5.41, 5.74) is -2.12. The molecule has 15 heteroatoms. The highest BCUT2D eigenvalue weighted by Crippen LogP contribution is 2.35. The van der Waals surface area contributed by atoms with Gasteiger partial charge in [-0.25, -0.2) is 4.79 Å². The third-order valence-corrected chi connectivity index (χ3v) is 8.36. The molecule has 282 valence electrons. The van der Waals surface area contributed by atoms with Crippen LogP contribution in [0.3, 0.4) is 0 Å². The number of carbonyl (C=O) groups excluding carboxylic acids is 2. The number of hydrogen-bond donors (Lipinski definition) is 5. The Labute approximate surface area is 294 Å². The summed E-state index contributed by atoms with van der Waals surface area (Å²) in [4.78, 5) is 37.2. The predicted molar refractivity (Wildman–Crippen MR) is 181 cm³/mol. The minimum atomic E-state index is -1.89. The van der Waals surface area contributed by atoms with Crippen LogP contribution in [0.15, 0.2) is 55.8 Å². The average molecular weight is 721 g/mol. The van der Waals surface area contributed by atoms with Gasteiger partial charge >= 0.3 is 17.6 Å². The van der Waals surface area contributed by atoms with Gasteiger partial charge in [-0.15, -0.1) is 0 Å². The number of aliphatic hydroxyl groups excluding tert-OH is 3. The largest absolute Gasteiger partial charge is 0.488 e. The number of aliphatic hydroxyl groups is 5. The standard InChI is InChI=1S/C36H48O15/c1-19(2)48-34-32(42)31(41)30(40)25(50-34)18-47-28(38)16-36(6,44)17-29(39)51-26(35(4,5)43)9-7-20(3)11-13-46-33-21-8-10-27(37)49-24(21)15-23-22(33)12-14-45-23/h8,10-12,14-15,19,25-26,30-32,34,40-44H,7,9,13,16-18H2,1-6H3/b20-11+/t25-,26-,30-,31+,32-,34-,36+/m1/s1. The summed E-state index contributed by atoms with van der Waals surface area (Å²) in [6, 6.07) is 6.31. The predicted octanol–water partition coefficient (Wildman–Crippen LogP) is 2.63. The first-order chi connectivity index (χ1) is 23.8. The maximum absolute atomic E-state index is 12.9. The van der Waals surface area contributed by atoms with Crippen LogP contribution < -0.4 is 10.4 Å². The summed E-state index contributed by atoms with van der Waals surface area (Å²) < 4.78 is 38.4. The molecule has 51 heavy (non-hydrogen) atoms. The molecule has 15 nitrogen and oxygen atoms in total. The third-order valence-electron chi connectivity index (χ3n) is 8.36. The number of benzene rings is 1. The molecule has 0 aliphatic carbocycles. The quantitative estimate of drug-likeness (QED) is 0.0815. The van der Waals surface area contributed by atoms with Gasteiger partial charge in [-0.1, -0.05) is 5.57 Å². The van der Waals surface area contributed by atoms with Crippen LogP contribution in [0.2, 0.25) is 0 Å². The zero-order valence-electron chi connectivity index (χ0n) is 29.6. The smallest absolute Gasteiger partial charge is 0.336 e. The van der Waals surface area contributed by atoms with Gasteiger partial charge in [0.15, 0.2) is 6.29 Å². The molecule has 0 spiro atoms. The Morgan fingerprint density at radius 3 is 2.33 bits per heavy atom. The van der Waals surface area contributed by atoms with Crippen molar-refractivity contribution in [2.45, 2.75) is 121 Å². The Hall–Kier alpha value is -3.83. The van der Waals surface area contributed by atoms with Crippen molar-refractivity contribution in [1.82, 2.24) is 0 Å². The molecule has 1 aromatic carbocycles. The third kappa shape index (κ3) is 10.8. The molecule has 0 bridgehead atoms. The first-order valence-electron chi connectivity index (χ1n) is 16.7. The second kappa shape index (κ2) is 16.7. The van der Waals surface area contributed by atoms with Crippen molar-refractivity contribution in [3.63, 3.8) is 0 Å². The van der Waals surface area contributed by atoms with Gasteiger partial charge in [0, 0.05) is 12.1 Å². The molecule has 2 aromatic heterocycles. The van der Waals surface area contributed by atoms with E-state index in [1.807, 2.05) is 13.0 Å². The minimum Gasteiger partial charge on any atom is -0.488 e. The Morgan fingerprint density at radius 1 is 0.961 bits per heavy atom. The topological polar surface area (TPSA) is 225 Å². The van der Waals surface area contributed by atoms with Gasteiger partial charge in [-0.2, -0.15) is 0 Å². The zero-order valence-corrected chi connectivity index (χ0v) is 29.6. The fourth-order valence-electron chi connectivity index (χ4n) is 5.60. The van der Waals surface area contributed by atoms with E-state index >= 15 is 0 Å². The summed E-state index contributed by atoms with van der Waals surface area (Å²) in [7, 11) is 0. The van der Waals surface area contributed by atoms with E-state index in [9.17, 15) is 39.9 Å². The zero-order chi connectivity index (χ0) is 37.7. The number of carbonyl (C=O) groups is 2. The van der Waals surface area contributed by atoms with Crippen LogP contribution >= 0.6 is 0 Å². The lowest BCUT2D eigenvalue weighted by Gasteiger charge is -2.40. The highest BCUT2D eigenvalue weighted by molar-refractivity contribution is 6.01. The lowest BCUT2D eigenvalue weighted by molar-refractivity contribution is -0.309. The number of fused-ring (bicyclic) bond motifs is 2. The number of esters is 2. The number of rotatable bonds is 16. The Morgan fingerprint density at radius 2 is 1.65 bits per heavy atom. The van der Waals surface area contributed by atoms with Gasteiger partial charge in [-0.3, -0.25) is 9.59 Å². The summed E-state index contributed by atoms with van der Waals surface area (Å²) >= 11 is 0. The summed E-state index contributed by atoms with van der Waals surface area (Å²) in [6.45, 7) is 9.11. The number of hydrogen-bond acceptors (Lipinski definition) is 15. The SMILES string of the molecule is C/C(=C\COc1c2ccoc2cc2oc(=O)ccc12)CC[C@@H](OC(=O)C[C@@](C)(O)CC(=O)OC[C@H]1O[C@@H](OC(C)C)[C@H](O)[C@@H](O)[C@@H]1O)C(C)(C)O. The van der Waals surface area contributed by atoms with Crippen LogP contribution in [0.4, 0.5) is 0 Å². The summed E-state index contributed by atoms with van der Waals surface area (Å²) in [6.07, 6.45) is -5.75. The normalized spacial score (nSPS) is 23.3. The molecule has 7 atom stereocenters. The highest BCUT2D eigenvalue weighted by Gasteiger charge is 2.45. The van der Waals surface area contributed by atoms with E-state index in [-0.39, 0.29) is 19.1 Å². The van der Waals surface area contributed by atoms with Gasteiger partial charge in [-0.05, 0) is 72.6 Å². The van der Waals surface area contributed by atoms with Crippen LogP contribution in [0, 0.1) is 0 Å². The molecule has 3 aromatic rings. The van der Waals surface area contributed by atoms with E-state index < -0.39 is 85.0 Å². The van der Waals surface area contributed by atoms with Gasteiger partial charge in [0.25, 0.3) is 0 Å². The van der Waals surface area contributed by atoms with Crippen molar-refractivity contribution in [2.24, 2.45) is 0 Å². The minimum absolute atomic E-state index is 0.164. The fourth-order valence-corrected chi connectivity index (χ4v) is 5.60. The van der Waals surface area contributed by atoms with Gasteiger partial charge in [0.05, 0.1) is 47.2 Å². The molecule has 0 amide bonds. The van der Waals surface area contributed by atoms with Crippen molar-refractivity contribution in [3.8, 4) is 5.75 Å². The number of furan rings is 1. The van der Waals surface area contributed by atoms with E-state index in [4.69, 9.17) is 32.5 Å². The molecule has 5 N–H and O–H groups in total. The van der Waals surface area contributed by atoms with Crippen LogP contribution in [0.25, 0.3) is 21.9 Å². The van der Waals surface area contributed by atoms with Gasteiger partial charge < -0.3 is 58.1 Å². The average Bonchev–Trinajstić information content (AvgIpc) is 3.49. The van der Waals surface area contributed by atoms with Crippen LogP contribution in [-0.4, -0.2) is 105 Å². The second-order valence-electron chi connectivity index (χ2n) is 14.0. The molecule has 0 radical (unpaired) electrons. The number of allylic oxidation sites excluding steroid dienone is 1. The second-order valence-corrected chi connectivity index (χ2v) is 14.0. The maximum Gasteiger partial charge on any atom is 0.336 e. The molecular weight excluding hydrogens is 672 g/mol. The van der Waals surface area contributed by atoms with E-state index in [1.165, 1.54) is 33.1 Å². The van der Waals surface area contributed by atoms with Crippen LogP contribution in [-0.2, 0) is 28.5 Å². The molecule has 0 unspecified atom stereocenters. The van der Waals surface area contributed by atoms with Crippen LogP contribution in [0.1, 0.15) is 67.2 Å². The van der Waals surface area contributed by atoms with E-state index in [0.29, 0.717) is 34.1 Å². The van der Waals surface area contributed by atoms with E-state index in [0.717, 1.165) is 5.57 Å². The molecular formula is C36H48O15. The lowest BCUT2D eigenvalue weighted by atomic mass is 9.94. The Bertz CT molecular complexity index is 1730. The monoisotopic (exact) mass is 720 g/mol. The van der Waals surface area contributed by atoms with Crippen molar-refractivity contribution < 1.29 is 67.6 Å². The molecule has 1 aliphatic rings. The van der Waals surface area contributed by atoms with Gasteiger partial charge in [0.1, 0.15) is 60.6 Å². The van der Waals surface area contributed by atoms with Crippen LogP contribution in [0.5, 0.6) is 5.75 Å². The van der Waals surface area contributed by atoms with Gasteiger partial charge in [0.2, 0.25) is 0 Å². The van der Waals surface area contributed by atoms with E-state index in [1.54, 1.807) is 32.0 Å². The highest BCUT2D eigenvalue weighted by atomic mass is 16.7. The molecule has 3 heterocycles. The molecule has 1 saturated heterocycles. The molecule has 1 aliphatic heterocycles. The lowest BCUT2D eigenvalue weighted by Crippen LogP contribution is -2.59. The first kappa shape index (κ1) is 39.9. The number of ether oxygens (including phenoxy) is 5. The Balaban J connectivity index is 1.28. The van der Waals surface area contributed by atoms with Crippen molar-refractivity contribution >= 4 is 33.9 Å². The molecule has 1 fully saturated rings. The van der Waals surface area contributed by atoms with Crippen molar-refractivity contribution in [1.29, 1.82) is 0 Å². The molecule has 4 rings (SSSR count). The first-order valence-corrected chi connectivity index (χ1v) is 16.7. The van der Waals surface area contributed by atoms with Crippen molar-refractivity contribution in [2.75, 3.05) is 13.2 Å². The fraction of sp³-hybridized carbons (Fsp3) is 0.583. The molecule has 0 saturated carbocycles.